The Bertz CT molecular complexity index is 797. The van der Waals surface area contributed by atoms with E-state index in [1.807, 2.05) is 62.4 Å². The zero-order valence-corrected chi connectivity index (χ0v) is 17.7. The van der Waals surface area contributed by atoms with Crippen molar-refractivity contribution in [2.45, 2.75) is 53.6 Å². The van der Waals surface area contributed by atoms with Gasteiger partial charge in [-0.1, -0.05) is 67.9 Å². The van der Waals surface area contributed by atoms with Gasteiger partial charge >= 0.3 is 0 Å². The lowest BCUT2D eigenvalue weighted by Gasteiger charge is -2.29. The summed E-state index contributed by atoms with van der Waals surface area (Å²) >= 11 is 0. The molecule has 0 aliphatic rings. The Balaban J connectivity index is 2.21. The van der Waals surface area contributed by atoms with Crippen molar-refractivity contribution in [2.75, 3.05) is 6.54 Å². The van der Waals surface area contributed by atoms with Crippen LogP contribution in [0, 0.1) is 19.8 Å². The lowest BCUT2D eigenvalue weighted by atomic mass is 10.1. The van der Waals surface area contributed by atoms with Crippen LogP contribution in [0.5, 0.6) is 0 Å². The van der Waals surface area contributed by atoms with Crippen LogP contribution in [0.25, 0.3) is 0 Å². The first-order valence-corrected chi connectivity index (χ1v) is 9.95. The molecule has 2 aromatic carbocycles. The Morgan fingerprint density at radius 2 is 1.61 bits per heavy atom. The van der Waals surface area contributed by atoms with Gasteiger partial charge in [-0.15, -0.1) is 0 Å². The number of carbonyl (C=O) groups is 2. The molecule has 0 aliphatic carbocycles. The summed E-state index contributed by atoms with van der Waals surface area (Å²) < 4.78 is 0. The number of nitrogens with one attached hydrogen (secondary N) is 1. The quantitative estimate of drug-likeness (QED) is 0.751. The maximum atomic E-state index is 13.1. The van der Waals surface area contributed by atoms with E-state index in [1.165, 1.54) is 0 Å². The highest BCUT2D eigenvalue weighted by Crippen LogP contribution is 2.15. The number of nitrogens with zero attached hydrogens (tertiary/aromatic N) is 1. The molecular weight excluding hydrogens is 348 g/mol. The van der Waals surface area contributed by atoms with Crippen molar-refractivity contribution in [1.29, 1.82) is 0 Å². The number of amides is 2. The van der Waals surface area contributed by atoms with Gasteiger partial charge in [-0.05, 0) is 43.4 Å². The molecule has 150 valence electrons. The standard InChI is InChI=1S/C24H32N2O2/c1-17(2)15-25-24(28)20(5)26(16-22-9-7-6-8-19(22)4)23(27)14-21-12-10-18(3)11-13-21/h6-13,17,20H,14-16H2,1-5H3,(H,25,28)/t20-/m1/s1. The fourth-order valence-corrected chi connectivity index (χ4v) is 2.99. The fourth-order valence-electron chi connectivity index (χ4n) is 2.99. The van der Waals surface area contributed by atoms with Gasteiger partial charge in [0.25, 0.3) is 0 Å². The molecule has 0 fully saturated rings. The van der Waals surface area contributed by atoms with Gasteiger partial charge in [0.05, 0.1) is 6.42 Å². The summed E-state index contributed by atoms with van der Waals surface area (Å²) in [5.41, 5.74) is 4.29. The molecule has 4 heteroatoms. The van der Waals surface area contributed by atoms with Crippen molar-refractivity contribution in [3.05, 3.63) is 70.8 Å². The van der Waals surface area contributed by atoms with E-state index in [0.29, 0.717) is 19.0 Å². The summed E-state index contributed by atoms with van der Waals surface area (Å²) in [7, 11) is 0. The molecule has 0 saturated carbocycles. The maximum absolute atomic E-state index is 13.1. The first kappa shape index (κ1) is 21.7. The van der Waals surface area contributed by atoms with Crippen LogP contribution in [-0.2, 0) is 22.6 Å². The van der Waals surface area contributed by atoms with E-state index in [0.717, 1.165) is 22.3 Å². The molecule has 0 unspecified atom stereocenters. The van der Waals surface area contributed by atoms with E-state index < -0.39 is 6.04 Å². The Kier molecular flexibility index (Phi) is 7.80. The minimum Gasteiger partial charge on any atom is -0.354 e. The van der Waals surface area contributed by atoms with Gasteiger partial charge in [-0.2, -0.15) is 0 Å². The number of hydrogen-bond acceptors (Lipinski definition) is 2. The first-order valence-electron chi connectivity index (χ1n) is 9.95. The molecule has 2 amide bonds. The Labute approximate surface area is 169 Å². The van der Waals surface area contributed by atoms with E-state index in [2.05, 4.69) is 19.2 Å². The molecule has 0 bridgehead atoms. The van der Waals surface area contributed by atoms with Crippen LogP contribution in [0.1, 0.15) is 43.0 Å². The monoisotopic (exact) mass is 380 g/mol. The smallest absolute Gasteiger partial charge is 0.242 e. The zero-order valence-electron chi connectivity index (χ0n) is 17.7. The van der Waals surface area contributed by atoms with Crippen molar-refractivity contribution in [3.8, 4) is 0 Å². The van der Waals surface area contributed by atoms with Gasteiger partial charge in [0, 0.05) is 13.1 Å². The molecule has 0 aromatic heterocycles. The van der Waals surface area contributed by atoms with Crippen LogP contribution in [0.15, 0.2) is 48.5 Å². The largest absolute Gasteiger partial charge is 0.354 e. The summed E-state index contributed by atoms with van der Waals surface area (Å²) in [5, 5.41) is 2.96. The predicted octanol–water partition coefficient (Wildman–Crippen LogP) is 4.04. The summed E-state index contributed by atoms with van der Waals surface area (Å²) in [4.78, 5) is 27.5. The third-order valence-electron chi connectivity index (χ3n) is 4.93. The molecule has 0 saturated heterocycles. The number of carbonyl (C=O) groups excluding carboxylic acids is 2. The third kappa shape index (κ3) is 6.22. The van der Waals surface area contributed by atoms with Crippen LogP contribution in [-0.4, -0.2) is 29.3 Å². The second-order valence-electron chi connectivity index (χ2n) is 7.93. The van der Waals surface area contributed by atoms with Crippen LogP contribution in [0.3, 0.4) is 0 Å². The third-order valence-corrected chi connectivity index (χ3v) is 4.93. The van der Waals surface area contributed by atoms with Crippen LogP contribution >= 0.6 is 0 Å². The summed E-state index contributed by atoms with van der Waals surface area (Å²) in [6.07, 6.45) is 0.286. The van der Waals surface area contributed by atoms with Crippen LogP contribution in [0.4, 0.5) is 0 Å². The molecule has 2 aromatic rings. The second-order valence-corrected chi connectivity index (χ2v) is 7.93. The molecule has 0 radical (unpaired) electrons. The second kappa shape index (κ2) is 10.1. The molecule has 2 rings (SSSR count). The van der Waals surface area contributed by atoms with Gasteiger partial charge in [0.15, 0.2) is 0 Å². The normalized spacial score (nSPS) is 11.9. The maximum Gasteiger partial charge on any atom is 0.242 e. The molecule has 28 heavy (non-hydrogen) atoms. The Morgan fingerprint density at radius 1 is 0.964 bits per heavy atom. The van der Waals surface area contributed by atoms with Crippen molar-refractivity contribution in [2.24, 2.45) is 5.92 Å². The average Bonchev–Trinajstić information content (AvgIpc) is 2.66. The van der Waals surface area contributed by atoms with Gasteiger partial charge in [0.2, 0.25) is 11.8 Å². The highest BCUT2D eigenvalue weighted by atomic mass is 16.2. The SMILES string of the molecule is Cc1ccc(CC(=O)N(Cc2ccccc2C)[C@H](C)C(=O)NCC(C)C)cc1. The van der Waals surface area contributed by atoms with Gasteiger partial charge in [0.1, 0.15) is 6.04 Å². The average molecular weight is 381 g/mol. The van der Waals surface area contributed by atoms with Crippen molar-refractivity contribution in [1.82, 2.24) is 10.2 Å². The highest BCUT2D eigenvalue weighted by Gasteiger charge is 2.26. The van der Waals surface area contributed by atoms with Crippen molar-refractivity contribution < 1.29 is 9.59 Å². The molecule has 1 atom stereocenters. The van der Waals surface area contributed by atoms with Crippen molar-refractivity contribution >= 4 is 11.8 Å². The molecule has 0 aliphatic heterocycles. The van der Waals surface area contributed by atoms with Crippen molar-refractivity contribution in [3.63, 3.8) is 0 Å². The van der Waals surface area contributed by atoms with E-state index in [4.69, 9.17) is 0 Å². The van der Waals surface area contributed by atoms with Gasteiger partial charge in [-0.3, -0.25) is 9.59 Å². The fraction of sp³-hybridized carbons (Fsp3) is 0.417. The first-order chi connectivity index (χ1) is 13.3. The summed E-state index contributed by atoms with van der Waals surface area (Å²) in [6, 6.07) is 15.4. The number of rotatable bonds is 8. The lowest BCUT2D eigenvalue weighted by Crippen LogP contribution is -2.48. The molecular formula is C24H32N2O2. The van der Waals surface area contributed by atoms with E-state index in [9.17, 15) is 9.59 Å². The van der Waals surface area contributed by atoms with Gasteiger partial charge in [-0.25, -0.2) is 0 Å². The number of hydrogen-bond donors (Lipinski definition) is 1. The van der Waals surface area contributed by atoms with Crippen LogP contribution in [0.2, 0.25) is 0 Å². The summed E-state index contributed by atoms with van der Waals surface area (Å²) in [6.45, 7) is 11.0. The van der Waals surface area contributed by atoms with Gasteiger partial charge < -0.3 is 10.2 Å². The van der Waals surface area contributed by atoms with E-state index in [-0.39, 0.29) is 18.2 Å². The van der Waals surface area contributed by atoms with E-state index >= 15 is 0 Å². The minimum absolute atomic E-state index is 0.0423. The number of aryl methyl sites for hydroxylation is 2. The molecule has 1 N–H and O–H groups in total. The zero-order chi connectivity index (χ0) is 20.7. The lowest BCUT2D eigenvalue weighted by molar-refractivity contribution is -0.140. The Morgan fingerprint density at radius 3 is 2.21 bits per heavy atom. The topological polar surface area (TPSA) is 49.4 Å². The highest BCUT2D eigenvalue weighted by molar-refractivity contribution is 5.88. The molecule has 4 nitrogen and oxygen atoms in total. The minimum atomic E-state index is -0.531. The Hall–Kier alpha value is -2.62. The predicted molar refractivity (Wildman–Crippen MR) is 114 cm³/mol. The van der Waals surface area contributed by atoms with Crippen LogP contribution < -0.4 is 5.32 Å². The molecule has 0 heterocycles. The molecule has 0 spiro atoms. The van der Waals surface area contributed by atoms with E-state index in [1.54, 1.807) is 11.8 Å². The number of benzene rings is 2. The summed E-state index contributed by atoms with van der Waals surface area (Å²) in [5.74, 6) is 0.211.